The summed E-state index contributed by atoms with van der Waals surface area (Å²) in [5.41, 5.74) is 0. The maximum atomic E-state index is 13.1. The molecule has 3 aliphatic rings. The predicted octanol–water partition coefficient (Wildman–Crippen LogP) is 1.24. The molecule has 26 heavy (non-hydrogen) atoms. The molecule has 0 aromatic carbocycles. The van der Waals surface area contributed by atoms with E-state index in [0.717, 1.165) is 25.7 Å². The van der Waals surface area contributed by atoms with Gasteiger partial charge in [-0.3, -0.25) is 9.59 Å². The third-order valence-electron chi connectivity index (χ3n) is 5.88. The summed E-state index contributed by atoms with van der Waals surface area (Å²) in [5.74, 6) is 0.0742. The Morgan fingerprint density at radius 1 is 1.38 bits per heavy atom. The highest BCUT2D eigenvalue weighted by molar-refractivity contribution is 5.88. The third-order valence-corrected chi connectivity index (χ3v) is 5.88. The molecular formula is C18H24FN5O2. The first-order valence-electron chi connectivity index (χ1n) is 9.44. The lowest BCUT2D eigenvalue weighted by atomic mass is 9.95. The van der Waals surface area contributed by atoms with Crippen molar-refractivity contribution in [3.63, 3.8) is 0 Å². The zero-order valence-electron chi connectivity index (χ0n) is 14.9. The van der Waals surface area contributed by atoms with Gasteiger partial charge in [0.25, 0.3) is 0 Å². The zero-order valence-corrected chi connectivity index (χ0v) is 14.9. The van der Waals surface area contributed by atoms with E-state index in [1.54, 1.807) is 4.90 Å². The molecule has 3 fully saturated rings. The van der Waals surface area contributed by atoms with Crippen molar-refractivity contribution in [2.45, 2.75) is 69.6 Å². The summed E-state index contributed by atoms with van der Waals surface area (Å²) in [4.78, 5) is 36.9. The first-order chi connectivity index (χ1) is 12.6. The Labute approximate surface area is 152 Å². The molecule has 1 aromatic heterocycles. The van der Waals surface area contributed by atoms with Gasteiger partial charge in [-0.25, -0.2) is 14.4 Å². The van der Waals surface area contributed by atoms with Crippen molar-refractivity contribution in [2.75, 3.05) is 11.4 Å². The summed E-state index contributed by atoms with van der Waals surface area (Å²) in [5, 5.41) is 3.17. The van der Waals surface area contributed by atoms with Gasteiger partial charge in [-0.05, 0) is 32.1 Å². The normalized spacial score (nSPS) is 28.7. The monoisotopic (exact) mass is 361 g/mol. The van der Waals surface area contributed by atoms with Gasteiger partial charge < -0.3 is 15.1 Å². The number of hydrogen-bond donors (Lipinski definition) is 1. The standard InChI is InChI=1S/C18H24FN5O2/c1-2-14(23-7-3-4-16(23)25)17(26)22-13-8-12-5-6-15(13)24(12)18-20-9-11(19)10-21-18/h9-10,12-15H,2-8H2,1H3,(H,22,26)/t12-,13+,14?,15+/m0/s1. The van der Waals surface area contributed by atoms with Crippen molar-refractivity contribution in [2.24, 2.45) is 0 Å². The summed E-state index contributed by atoms with van der Waals surface area (Å²) < 4.78 is 13.1. The molecule has 1 N–H and O–H groups in total. The van der Waals surface area contributed by atoms with Gasteiger partial charge in [0.15, 0.2) is 5.82 Å². The van der Waals surface area contributed by atoms with Gasteiger partial charge in [-0.15, -0.1) is 0 Å². The van der Waals surface area contributed by atoms with Crippen molar-refractivity contribution >= 4 is 17.8 Å². The molecule has 2 amide bonds. The van der Waals surface area contributed by atoms with E-state index < -0.39 is 5.82 Å². The number of anilines is 1. The van der Waals surface area contributed by atoms with Gasteiger partial charge in [0, 0.05) is 19.0 Å². The van der Waals surface area contributed by atoms with E-state index in [4.69, 9.17) is 0 Å². The fourth-order valence-electron chi connectivity index (χ4n) is 4.72. The predicted molar refractivity (Wildman–Crippen MR) is 92.9 cm³/mol. The first kappa shape index (κ1) is 17.2. The Morgan fingerprint density at radius 2 is 2.15 bits per heavy atom. The van der Waals surface area contributed by atoms with E-state index in [2.05, 4.69) is 20.2 Å². The Bertz CT molecular complexity index is 697. The average molecular weight is 361 g/mol. The summed E-state index contributed by atoms with van der Waals surface area (Å²) in [6.45, 7) is 2.60. The van der Waals surface area contributed by atoms with Crippen LogP contribution in [0.25, 0.3) is 0 Å². The second-order valence-electron chi connectivity index (χ2n) is 7.37. The minimum atomic E-state index is -0.453. The number of halogens is 1. The van der Waals surface area contributed by atoms with Gasteiger partial charge in [-0.2, -0.15) is 0 Å². The number of carbonyl (C=O) groups excluding carboxylic acids is 2. The van der Waals surface area contributed by atoms with E-state index in [-0.39, 0.29) is 36.0 Å². The molecule has 1 unspecified atom stereocenters. The molecule has 8 heteroatoms. The second-order valence-corrected chi connectivity index (χ2v) is 7.37. The molecule has 3 aliphatic heterocycles. The fraction of sp³-hybridized carbons (Fsp3) is 0.667. The number of nitrogens with one attached hydrogen (secondary N) is 1. The molecule has 3 saturated heterocycles. The molecule has 2 bridgehead atoms. The van der Waals surface area contributed by atoms with Gasteiger partial charge >= 0.3 is 0 Å². The van der Waals surface area contributed by atoms with Crippen molar-refractivity contribution in [3.8, 4) is 0 Å². The van der Waals surface area contributed by atoms with E-state index >= 15 is 0 Å². The topological polar surface area (TPSA) is 78.4 Å². The van der Waals surface area contributed by atoms with Crippen LogP contribution in [0.5, 0.6) is 0 Å². The van der Waals surface area contributed by atoms with Gasteiger partial charge in [0.2, 0.25) is 17.8 Å². The van der Waals surface area contributed by atoms with Crippen LogP contribution in [-0.2, 0) is 9.59 Å². The molecule has 0 aliphatic carbocycles. The second kappa shape index (κ2) is 6.81. The van der Waals surface area contributed by atoms with Crippen LogP contribution >= 0.6 is 0 Å². The maximum absolute atomic E-state index is 13.1. The minimum Gasteiger partial charge on any atom is -0.349 e. The SMILES string of the molecule is CCC(C(=O)N[C@@H]1C[C@@H]2CC[C@H]1N2c1ncc(F)cn1)N1CCCC1=O. The Morgan fingerprint density at radius 3 is 2.81 bits per heavy atom. The van der Waals surface area contributed by atoms with Crippen LogP contribution in [0.1, 0.15) is 45.4 Å². The lowest BCUT2D eigenvalue weighted by Gasteiger charge is -2.30. The van der Waals surface area contributed by atoms with Crippen molar-refractivity contribution in [1.82, 2.24) is 20.2 Å². The Hall–Kier alpha value is -2.25. The fourth-order valence-corrected chi connectivity index (χ4v) is 4.72. The van der Waals surface area contributed by atoms with Crippen LogP contribution < -0.4 is 10.2 Å². The number of hydrogen-bond acceptors (Lipinski definition) is 5. The summed E-state index contributed by atoms with van der Waals surface area (Å²) in [7, 11) is 0. The molecule has 140 valence electrons. The summed E-state index contributed by atoms with van der Waals surface area (Å²) in [6, 6.07) is 0.0201. The van der Waals surface area contributed by atoms with Crippen LogP contribution in [0.2, 0.25) is 0 Å². The molecule has 7 nitrogen and oxygen atoms in total. The lowest BCUT2D eigenvalue weighted by molar-refractivity contribution is -0.138. The molecule has 4 rings (SSSR count). The van der Waals surface area contributed by atoms with Crippen molar-refractivity contribution in [1.29, 1.82) is 0 Å². The lowest BCUT2D eigenvalue weighted by Crippen LogP contribution is -2.52. The highest BCUT2D eigenvalue weighted by Gasteiger charge is 2.48. The molecule has 1 aromatic rings. The van der Waals surface area contributed by atoms with E-state index in [1.165, 1.54) is 12.4 Å². The highest BCUT2D eigenvalue weighted by Crippen LogP contribution is 2.39. The minimum absolute atomic E-state index is 0.0154. The number of rotatable bonds is 5. The summed E-state index contributed by atoms with van der Waals surface area (Å²) in [6.07, 6.45) is 7.15. The molecule has 0 saturated carbocycles. The van der Waals surface area contributed by atoms with E-state index in [0.29, 0.717) is 25.3 Å². The third kappa shape index (κ3) is 2.91. The molecule has 0 radical (unpaired) electrons. The van der Waals surface area contributed by atoms with Crippen molar-refractivity contribution < 1.29 is 14.0 Å². The Balaban J connectivity index is 1.45. The molecular weight excluding hydrogens is 337 g/mol. The maximum Gasteiger partial charge on any atom is 0.243 e. The van der Waals surface area contributed by atoms with Crippen LogP contribution in [0.4, 0.5) is 10.3 Å². The zero-order chi connectivity index (χ0) is 18.3. The number of nitrogens with zero attached hydrogens (tertiary/aromatic N) is 4. The summed E-state index contributed by atoms with van der Waals surface area (Å²) >= 11 is 0. The number of carbonyl (C=O) groups is 2. The van der Waals surface area contributed by atoms with E-state index in [9.17, 15) is 14.0 Å². The van der Waals surface area contributed by atoms with Crippen LogP contribution in [0.3, 0.4) is 0 Å². The highest BCUT2D eigenvalue weighted by atomic mass is 19.1. The number of amides is 2. The first-order valence-corrected chi connectivity index (χ1v) is 9.44. The quantitative estimate of drug-likeness (QED) is 0.854. The van der Waals surface area contributed by atoms with Crippen LogP contribution in [-0.4, -0.2) is 57.4 Å². The van der Waals surface area contributed by atoms with Gasteiger partial charge in [0.05, 0.1) is 24.5 Å². The number of aromatic nitrogens is 2. The largest absolute Gasteiger partial charge is 0.349 e. The van der Waals surface area contributed by atoms with Gasteiger partial charge in [-0.1, -0.05) is 6.92 Å². The molecule has 4 heterocycles. The number of fused-ring (bicyclic) bond motifs is 2. The molecule has 4 atom stereocenters. The van der Waals surface area contributed by atoms with Crippen LogP contribution in [0, 0.1) is 5.82 Å². The van der Waals surface area contributed by atoms with Gasteiger partial charge in [0.1, 0.15) is 6.04 Å². The van der Waals surface area contributed by atoms with Crippen molar-refractivity contribution in [3.05, 3.63) is 18.2 Å². The van der Waals surface area contributed by atoms with E-state index in [1.807, 2.05) is 6.92 Å². The number of likely N-dealkylation sites (tertiary alicyclic amines) is 1. The Kier molecular flexibility index (Phi) is 4.50. The molecule has 0 spiro atoms. The van der Waals surface area contributed by atoms with Crippen LogP contribution in [0.15, 0.2) is 12.4 Å². The smallest absolute Gasteiger partial charge is 0.243 e. The average Bonchev–Trinajstić information content (AvgIpc) is 3.31.